The summed E-state index contributed by atoms with van der Waals surface area (Å²) in [7, 11) is 0. The maximum absolute atomic E-state index is 15.2. The lowest BCUT2D eigenvalue weighted by Gasteiger charge is -2.29. The van der Waals surface area contributed by atoms with E-state index in [2.05, 4.69) is 4.74 Å². The van der Waals surface area contributed by atoms with Crippen molar-refractivity contribution in [2.75, 3.05) is 26.4 Å². The molecular weight excluding hydrogens is 612 g/mol. The average Bonchev–Trinajstić information content (AvgIpc) is 2.99. The van der Waals surface area contributed by atoms with E-state index in [1.807, 2.05) is 6.92 Å². The molecular formula is C33H26F8O4. The van der Waals surface area contributed by atoms with Crippen LogP contribution in [0.2, 0.25) is 0 Å². The van der Waals surface area contributed by atoms with Crippen molar-refractivity contribution in [3.63, 3.8) is 0 Å². The molecule has 0 aromatic heterocycles. The smallest absolute Gasteiger partial charge is 0.429 e. The zero-order chi connectivity index (χ0) is 32.3. The van der Waals surface area contributed by atoms with Crippen LogP contribution in [0.15, 0.2) is 66.7 Å². The molecule has 0 radical (unpaired) electrons. The molecule has 238 valence electrons. The van der Waals surface area contributed by atoms with Crippen LogP contribution in [-0.4, -0.2) is 26.4 Å². The second-order valence-electron chi connectivity index (χ2n) is 10.3. The number of hydrogen-bond donors (Lipinski definition) is 0. The molecule has 1 aliphatic rings. The minimum atomic E-state index is -4.77. The fourth-order valence-electron chi connectivity index (χ4n) is 4.86. The highest BCUT2D eigenvalue weighted by Crippen LogP contribution is 2.38. The first-order chi connectivity index (χ1) is 21.5. The predicted octanol–water partition coefficient (Wildman–Crippen LogP) is 9.07. The molecule has 1 fully saturated rings. The third kappa shape index (κ3) is 7.29. The van der Waals surface area contributed by atoms with Gasteiger partial charge in [-0.15, -0.1) is 0 Å². The second kappa shape index (κ2) is 13.6. The van der Waals surface area contributed by atoms with E-state index in [9.17, 15) is 30.7 Å². The van der Waals surface area contributed by atoms with Crippen molar-refractivity contribution in [1.82, 2.24) is 0 Å². The molecule has 4 nitrogen and oxygen atoms in total. The summed E-state index contributed by atoms with van der Waals surface area (Å²) in [6.07, 6.45) is -4.49. The van der Waals surface area contributed by atoms with E-state index in [0.717, 1.165) is 18.1 Å². The Morgan fingerprint density at radius 3 is 1.87 bits per heavy atom. The van der Waals surface area contributed by atoms with Gasteiger partial charge in [0.15, 0.2) is 23.7 Å². The van der Waals surface area contributed by atoms with Gasteiger partial charge in [-0.25, -0.2) is 26.3 Å². The van der Waals surface area contributed by atoms with Gasteiger partial charge in [0.2, 0.25) is 0 Å². The van der Waals surface area contributed by atoms with Gasteiger partial charge in [-0.05, 0) is 48.2 Å². The molecule has 45 heavy (non-hydrogen) atoms. The van der Waals surface area contributed by atoms with Crippen molar-refractivity contribution >= 4 is 0 Å². The van der Waals surface area contributed by atoms with Crippen LogP contribution in [0.5, 0.6) is 5.75 Å². The highest BCUT2D eigenvalue weighted by molar-refractivity contribution is 5.71. The van der Waals surface area contributed by atoms with Crippen LogP contribution in [-0.2, 0) is 20.3 Å². The normalized spacial score (nSPS) is 17.0. The number of ether oxygens (including phenoxy) is 4. The Hall–Kier alpha value is -4.00. The van der Waals surface area contributed by atoms with E-state index in [1.165, 1.54) is 12.1 Å². The number of alkyl halides is 2. The standard InChI is InChI=1S/C33H26F8O4/c1-2-42-10-9-18-16-43-32(44-17-18)20-5-3-19(4-6-20)21-7-8-24(25(34)11-21)22-12-26(35)30(27(36)13-22)33(40,41)45-23-14-28(37)31(39)29(38)15-23/h3-8,11-15,18,32H,2,9-10,16-17H2,1H3. The first-order valence-electron chi connectivity index (χ1n) is 13.9. The van der Waals surface area contributed by atoms with Crippen LogP contribution >= 0.6 is 0 Å². The van der Waals surface area contributed by atoms with Crippen LogP contribution in [0.25, 0.3) is 22.3 Å². The van der Waals surface area contributed by atoms with Crippen LogP contribution in [0, 0.1) is 40.8 Å². The predicted molar refractivity (Wildman–Crippen MR) is 147 cm³/mol. The van der Waals surface area contributed by atoms with Crippen molar-refractivity contribution in [2.45, 2.75) is 25.7 Å². The summed E-state index contributed by atoms with van der Waals surface area (Å²) in [5, 5.41) is 0. The van der Waals surface area contributed by atoms with Gasteiger partial charge in [0.05, 0.1) is 13.2 Å². The Balaban J connectivity index is 1.30. The quantitative estimate of drug-likeness (QED) is 0.0987. The highest BCUT2D eigenvalue weighted by atomic mass is 19.3. The molecule has 0 atom stereocenters. The van der Waals surface area contributed by atoms with Gasteiger partial charge in [0.1, 0.15) is 28.8 Å². The molecule has 0 spiro atoms. The van der Waals surface area contributed by atoms with Crippen LogP contribution in [0.1, 0.15) is 30.8 Å². The largest absolute Gasteiger partial charge is 0.432 e. The molecule has 0 bridgehead atoms. The maximum atomic E-state index is 15.2. The summed E-state index contributed by atoms with van der Waals surface area (Å²) in [5.74, 6) is -11.1. The molecule has 1 aliphatic heterocycles. The van der Waals surface area contributed by atoms with Gasteiger partial charge in [-0.3, -0.25) is 0 Å². The first kappa shape index (κ1) is 32.4. The van der Waals surface area contributed by atoms with Gasteiger partial charge in [0.25, 0.3) is 0 Å². The van der Waals surface area contributed by atoms with Crippen molar-refractivity contribution in [3.8, 4) is 28.0 Å². The van der Waals surface area contributed by atoms with Crippen molar-refractivity contribution < 1.29 is 54.1 Å². The topological polar surface area (TPSA) is 36.9 Å². The van der Waals surface area contributed by atoms with Gasteiger partial charge in [-0.2, -0.15) is 8.78 Å². The average molecular weight is 639 g/mol. The molecule has 0 aliphatic carbocycles. The van der Waals surface area contributed by atoms with Gasteiger partial charge in [0, 0.05) is 42.4 Å². The van der Waals surface area contributed by atoms with Crippen molar-refractivity contribution in [3.05, 3.63) is 113 Å². The van der Waals surface area contributed by atoms with E-state index in [-0.39, 0.29) is 23.6 Å². The van der Waals surface area contributed by atoms with Gasteiger partial charge in [-0.1, -0.05) is 36.4 Å². The Bertz CT molecular complexity index is 1610. The zero-order valence-corrected chi connectivity index (χ0v) is 23.7. The minimum absolute atomic E-state index is 0.0964. The SMILES string of the molecule is CCOCCC1COC(c2ccc(-c3ccc(-c4cc(F)c(C(F)(F)Oc5cc(F)c(F)c(F)c5)c(F)c4)c(F)c3)cc2)OC1. The number of rotatable bonds is 10. The summed E-state index contributed by atoms with van der Waals surface area (Å²) in [5.41, 5.74) is -0.752. The van der Waals surface area contributed by atoms with Crippen LogP contribution < -0.4 is 4.74 Å². The van der Waals surface area contributed by atoms with E-state index < -0.39 is 64.2 Å². The first-order valence-corrected chi connectivity index (χ1v) is 13.9. The minimum Gasteiger partial charge on any atom is -0.429 e. The van der Waals surface area contributed by atoms with Crippen LogP contribution in [0.3, 0.4) is 0 Å². The summed E-state index contributed by atoms with van der Waals surface area (Å²) >= 11 is 0. The molecule has 4 aromatic carbocycles. The summed E-state index contributed by atoms with van der Waals surface area (Å²) < 4.78 is 135. The van der Waals surface area contributed by atoms with Crippen molar-refractivity contribution in [2.24, 2.45) is 5.92 Å². The van der Waals surface area contributed by atoms with Gasteiger partial charge >= 0.3 is 6.11 Å². The number of hydrogen-bond acceptors (Lipinski definition) is 4. The zero-order valence-electron chi connectivity index (χ0n) is 23.7. The monoisotopic (exact) mass is 638 g/mol. The molecule has 1 heterocycles. The van der Waals surface area contributed by atoms with Gasteiger partial charge < -0.3 is 18.9 Å². The molecule has 4 aromatic rings. The maximum Gasteiger partial charge on any atom is 0.432 e. The molecule has 0 saturated carbocycles. The molecule has 0 unspecified atom stereocenters. The Morgan fingerprint density at radius 2 is 1.29 bits per heavy atom. The van der Waals surface area contributed by atoms with Crippen LogP contribution in [0.4, 0.5) is 35.1 Å². The van der Waals surface area contributed by atoms with E-state index in [0.29, 0.717) is 49.7 Å². The second-order valence-corrected chi connectivity index (χ2v) is 10.3. The fraction of sp³-hybridized carbons (Fsp3) is 0.273. The summed E-state index contributed by atoms with van der Waals surface area (Å²) in [4.78, 5) is 0. The summed E-state index contributed by atoms with van der Waals surface area (Å²) in [6.45, 7) is 4.25. The fourth-order valence-corrected chi connectivity index (χ4v) is 4.86. The Labute approximate surface area is 253 Å². The number of benzene rings is 4. The molecule has 1 saturated heterocycles. The van der Waals surface area contributed by atoms with Crippen molar-refractivity contribution in [1.29, 1.82) is 0 Å². The molecule has 5 rings (SSSR count). The Morgan fingerprint density at radius 1 is 0.711 bits per heavy atom. The lowest BCUT2D eigenvalue weighted by molar-refractivity contribution is -0.207. The highest BCUT2D eigenvalue weighted by Gasteiger charge is 2.41. The van der Waals surface area contributed by atoms with E-state index in [1.54, 1.807) is 24.3 Å². The lowest BCUT2D eigenvalue weighted by Crippen LogP contribution is -2.28. The molecule has 12 heteroatoms. The lowest BCUT2D eigenvalue weighted by atomic mass is 9.97. The molecule has 0 N–H and O–H groups in total. The Kier molecular flexibility index (Phi) is 9.76. The third-order valence-corrected chi connectivity index (χ3v) is 7.17. The molecule has 0 amide bonds. The third-order valence-electron chi connectivity index (χ3n) is 7.17. The summed E-state index contributed by atoms with van der Waals surface area (Å²) in [6, 6.07) is 12.0. The van der Waals surface area contributed by atoms with E-state index >= 15 is 4.39 Å². The van der Waals surface area contributed by atoms with E-state index in [4.69, 9.17) is 14.2 Å². The number of halogens is 8.